The molecule has 5 nitrogen and oxygen atoms in total. The van der Waals surface area contributed by atoms with Crippen LogP contribution in [0.3, 0.4) is 0 Å². The zero-order valence-electron chi connectivity index (χ0n) is 13.7. The van der Waals surface area contributed by atoms with Crippen LogP contribution in [0.25, 0.3) is 0 Å². The van der Waals surface area contributed by atoms with Crippen LogP contribution in [0.1, 0.15) is 23.6 Å². The van der Waals surface area contributed by atoms with Crippen molar-refractivity contribution in [1.29, 1.82) is 0 Å². The molecule has 2 aromatic carbocycles. The molecule has 0 aliphatic rings. The minimum atomic E-state index is -0.405. The highest BCUT2D eigenvalue weighted by molar-refractivity contribution is 5.85. The van der Waals surface area contributed by atoms with E-state index in [9.17, 15) is 14.0 Å². The molecule has 1 atom stereocenters. The van der Waals surface area contributed by atoms with Gasteiger partial charge in [-0.25, -0.2) is 4.39 Å². The van der Waals surface area contributed by atoms with Crippen LogP contribution in [-0.4, -0.2) is 30.1 Å². The number of amides is 2. The van der Waals surface area contributed by atoms with Crippen molar-refractivity contribution in [3.8, 4) is 0 Å². The van der Waals surface area contributed by atoms with E-state index in [-0.39, 0.29) is 37.4 Å². The fraction of sp³-hybridized carbons (Fsp3) is 0.263. The van der Waals surface area contributed by atoms with E-state index in [0.29, 0.717) is 12.0 Å². The number of nitrogens with one attached hydrogen (secondary N) is 2. The Morgan fingerprint density at radius 1 is 1.04 bits per heavy atom. The van der Waals surface area contributed by atoms with Crippen LogP contribution in [0, 0.1) is 5.82 Å². The molecule has 0 saturated carbocycles. The van der Waals surface area contributed by atoms with Crippen LogP contribution in [0.15, 0.2) is 54.6 Å². The third kappa shape index (κ3) is 6.35. The van der Waals surface area contributed by atoms with Crippen molar-refractivity contribution >= 4 is 11.8 Å². The van der Waals surface area contributed by atoms with Gasteiger partial charge < -0.3 is 15.7 Å². The van der Waals surface area contributed by atoms with Crippen LogP contribution in [0.5, 0.6) is 0 Å². The number of aliphatic hydroxyl groups excluding tert-OH is 1. The smallest absolute Gasteiger partial charge is 0.239 e. The monoisotopic (exact) mass is 344 g/mol. The lowest BCUT2D eigenvalue weighted by Crippen LogP contribution is -2.39. The van der Waals surface area contributed by atoms with Crippen molar-refractivity contribution in [1.82, 2.24) is 10.6 Å². The van der Waals surface area contributed by atoms with E-state index in [1.807, 2.05) is 30.3 Å². The van der Waals surface area contributed by atoms with Gasteiger partial charge in [-0.1, -0.05) is 42.5 Å². The van der Waals surface area contributed by atoms with Crippen molar-refractivity contribution in [3.63, 3.8) is 0 Å². The number of hydrogen-bond acceptors (Lipinski definition) is 3. The zero-order chi connectivity index (χ0) is 18.1. The Hall–Kier alpha value is -2.73. The molecule has 0 spiro atoms. The Bertz CT molecular complexity index is 707. The third-order valence-corrected chi connectivity index (χ3v) is 3.65. The Morgan fingerprint density at radius 2 is 1.80 bits per heavy atom. The molecule has 0 radical (unpaired) electrons. The van der Waals surface area contributed by atoms with Crippen molar-refractivity contribution < 1.29 is 19.1 Å². The Labute approximate surface area is 145 Å². The molecule has 132 valence electrons. The first-order valence-corrected chi connectivity index (χ1v) is 8.05. The molecule has 0 aliphatic heterocycles. The van der Waals surface area contributed by atoms with Crippen molar-refractivity contribution in [2.75, 3.05) is 13.2 Å². The molecule has 6 heteroatoms. The number of hydrogen-bond donors (Lipinski definition) is 3. The second-order valence-corrected chi connectivity index (χ2v) is 5.63. The summed E-state index contributed by atoms with van der Waals surface area (Å²) in [5.74, 6) is -1.12. The highest BCUT2D eigenvalue weighted by Crippen LogP contribution is 2.15. The summed E-state index contributed by atoms with van der Waals surface area (Å²) in [6, 6.07) is 14.8. The van der Waals surface area contributed by atoms with Gasteiger partial charge in [0.1, 0.15) is 5.82 Å². The summed E-state index contributed by atoms with van der Waals surface area (Å²) in [6.07, 6.45) is 0.386. The molecule has 1 unspecified atom stereocenters. The molecule has 0 heterocycles. The van der Waals surface area contributed by atoms with Gasteiger partial charge in [-0.15, -0.1) is 0 Å². The van der Waals surface area contributed by atoms with E-state index >= 15 is 0 Å². The largest absolute Gasteiger partial charge is 0.396 e. The van der Waals surface area contributed by atoms with E-state index in [1.165, 1.54) is 18.2 Å². The van der Waals surface area contributed by atoms with Crippen LogP contribution in [0.4, 0.5) is 4.39 Å². The molecule has 3 N–H and O–H groups in total. The molecule has 0 bridgehead atoms. The number of rotatable bonds is 8. The predicted octanol–water partition coefficient (Wildman–Crippen LogP) is 1.72. The Kier molecular flexibility index (Phi) is 7.10. The summed E-state index contributed by atoms with van der Waals surface area (Å²) in [4.78, 5) is 23.9. The minimum Gasteiger partial charge on any atom is -0.396 e. The lowest BCUT2D eigenvalue weighted by molar-refractivity contribution is -0.126. The number of aliphatic hydroxyl groups is 1. The summed E-state index contributed by atoms with van der Waals surface area (Å²) in [5.41, 5.74) is 1.43. The first-order chi connectivity index (χ1) is 12.1. The van der Waals surface area contributed by atoms with Gasteiger partial charge >= 0.3 is 0 Å². The normalized spacial score (nSPS) is 11.6. The number of halogens is 1. The van der Waals surface area contributed by atoms with Crippen LogP contribution in [-0.2, 0) is 16.0 Å². The quantitative estimate of drug-likeness (QED) is 0.682. The second kappa shape index (κ2) is 9.54. The zero-order valence-corrected chi connectivity index (χ0v) is 13.7. The van der Waals surface area contributed by atoms with E-state index in [0.717, 1.165) is 5.56 Å². The molecular formula is C19H21FN2O3. The van der Waals surface area contributed by atoms with Gasteiger partial charge in [-0.2, -0.15) is 0 Å². The molecular weight excluding hydrogens is 323 g/mol. The van der Waals surface area contributed by atoms with Crippen molar-refractivity contribution in [2.24, 2.45) is 0 Å². The highest BCUT2D eigenvalue weighted by atomic mass is 19.1. The first-order valence-electron chi connectivity index (χ1n) is 8.05. The maximum absolute atomic E-state index is 13.1. The van der Waals surface area contributed by atoms with E-state index in [2.05, 4.69) is 10.6 Å². The average molecular weight is 344 g/mol. The maximum Gasteiger partial charge on any atom is 0.239 e. The van der Waals surface area contributed by atoms with Crippen LogP contribution in [0.2, 0.25) is 0 Å². The average Bonchev–Trinajstić information content (AvgIpc) is 2.60. The molecule has 0 aromatic heterocycles. The van der Waals surface area contributed by atoms with Gasteiger partial charge in [-0.3, -0.25) is 9.59 Å². The predicted molar refractivity (Wildman–Crippen MR) is 92.1 cm³/mol. The summed E-state index contributed by atoms with van der Waals surface area (Å²) < 4.78 is 13.1. The summed E-state index contributed by atoms with van der Waals surface area (Å²) in [7, 11) is 0. The van der Waals surface area contributed by atoms with Gasteiger partial charge in [0, 0.05) is 6.61 Å². The summed E-state index contributed by atoms with van der Waals surface area (Å²) in [6.45, 7) is -0.241. The van der Waals surface area contributed by atoms with Crippen molar-refractivity contribution in [2.45, 2.75) is 18.9 Å². The van der Waals surface area contributed by atoms with E-state index in [1.54, 1.807) is 6.07 Å². The fourth-order valence-electron chi connectivity index (χ4n) is 2.46. The number of benzene rings is 2. The molecule has 2 amide bonds. The lowest BCUT2D eigenvalue weighted by Gasteiger charge is -2.18. The Morgan fingerprint density at radius 3 is 2.48 bits per heavy atom. The van der Waals surface area contributed by atoms with Gasteiger partial charge in [0.2, 0.25) is 11.8 Å². The Balaban J connectivity index is 1.83. The highest BCUT2D eigenvalue weighted by Gasteiger charge is 2.14. The van der Waals surface area contributed by atoms with Gasteiger partial charge in [0.15, 0.2) is 0 Å². The second-order valence-electron chi connectivity index (χ2n) is 5.63. The maximum atomic E-state index is 13.1. The molecule has 0 saturated heterocycles. The topological polar surface area (TPSA) is 78.4 Å². The molecule has 25 heavy (non-hydrogen) atoms. The molecule has 0 fully saturated rings. The van der Waals surface area contributed by atoms with Crippen LogP contribution < -0.4 is 10.6 Å². The summed E-state index contributed by atoms with van der Waals surface area (Å²) in [5, 5.41) is 14.5. The lowest BCUT2D eigenvalue weighted by atomic mass is 10.0. The standard InChI is InChI=1S/C19H21FN2O3/c20-16-8-4-5-14(11-16)12-18(24)21-13-19(25)22-17(9-10-23)15-6-2-1-3-7-15/h1-8,11,17,23H,9-10,12-13H2,(H,21,24)(H,22,25). The third-order valence-electron chi connectivity index (χ3n) is 3.65. The van der Waals surface area contributed by atoms with Crippen LogP contribution >= 0.6 is 0 Å². The molecule has 2 rings (SSSR count). The van der Waals surface area contributed by atoms with E-state index < -0.39 is 5.82 Å². The van der Waals surface area contributed by atoms with E-state index in [4.69, 9.17) is 5.11 Å². The minimum absolute atomic E-state index is 0.00376. The summed E-state index contributed by atoms with van der Waals surface area (Å²) >= 11 is 0. The first kappa shape index (κ1) is 18.6. The van der Waals surface area contributed by atoms with Gasteiger partial charge in [-0.05, 0) is 29.7 Å². The number of carbonyl (C=O) groups is 2. The van der Waals surface area contributed by atoms with Crippen molar-refractivity contribution in [3.05, 3.63) is 71.5 Å². The number of carbonyl (C=O) groups excluding carboxylic acids is 2. The fourth-order valence-corrected chi connectivity index (χ4v) is 2.46. The molecule has 0 aliphatic carbocycles. The van der Waals surface area contributed by atoms with Gasteiger partial charge in [0.25, 0.3) is 0 Å². The van der Waals surface area contributed by atoms with Gasteiger partial charge in [0.05, 0.1) is 19.0 Å². The molecule has 2 aromatic rings. The SMILES string of the molecule is O=C(Cc1cccc(F)c1)NCC(=O)NC(CCO)c1ccccc1.